The highest BCUT2D eigenvalue weighted by Gasteiger charge is 2.27. The molecule has 2 rings (SSSR count). The molecule has 0 radical (unpaired) electrons. The number of carbonyl (C=O) groups excluding carboxylic acids is 1. The number of aliphatic hydroxyl groups is 1. The second-order valence-electron chi connectivity index (χ2n) is 5.08. The van der Waals surface area contributed by atoms with E-state index >= 15 is 0 Å². The molecule has 8 heteroatoms. The fraction of sp³-hybridized carbons (Fsp3) is 0.500. The first kappa shape index (κ1) is 16.5. The van der Waals surface area contributed by atoms with Crippen molar-refractivity contribution in [2.45, 2.75) is 32.0 Å². The van der Waals surface area contributed by atoms with E-state index in [-0.39, 0.29) is 12.5 Å². The van der Waals surface area contributed by atoms with Gasteiger partial charge in [0.15, 0.2) is 11.6 Å². The summed E-state index contributed by atoms with van der Waals surface area (Å²) in [6.45, 7) is -3.23. The average Bonchev–Trinajstić information content (AvgIpc) is 2.85. The molecule has 1 aliphatic rings. The normalized spacial score (nSPS) is 21.2. The minimum Gasteiger partial charge on any atom is -0.432 e. The summed E-state index contributed by atoms with van der Waals surface area (Å²) in [6, 6.07) is 1.37. The van der Waals surface area contributed by atoms with E-state index in [1.165, 1.54) is 0 Å². The lowest BCUT2D eigenvalue weighted by Crippen LogP contribution is -2.33. The number of benzene rings is 1. The molecular formula is C14H15F4NO3. The number of ether oxygens (including phenoxy) is 1. The molecule has 0 bridgehead atoms. The Morgan fingerprint density at radius 1 is 1.36 bits per heavy atom. The zero-order chi connectivity index (χ0) is 16.3. The summed E-state index contributed by atoms with van der Waals surface area (Å²) in [7, 11) is 0. The second kappa shape index (κ2) is 6.95. The minimum absolute atomic E-state index is 0.0544. The maximum Gasteiger partial charge on any atom is 0.387 e. The van der Waals surface area contributed by atoms with Crippen LogP contribution in [0.5, 0.6) is 5.75 Å². The zero-order valence-electron chi connectivity index (χ0n) is 11.5. The fourth-order valence-electron chi connectivity index (χ4n) is 2.50. The van der Waals surface area contributed by atoms with E-state index in [0.717, 1.165) is 6.42 Å². The summed E-state index contributed by atoms with van der Waals surface area (Å²) in [5.74, 6) is -4.82. The number of amides is 1. The van der Waals surface area contributed by atoms with Crippen LogP contribution in [0.4, 0.5) is 17.6 Å². The van der Waals surface area contributed by atoms with E-state index in [2.05, 4.69) is 10.1 Å². The Morgan fingerprint density at radius 3 is 2.68 bits per heavy atom. The Kier molecular flexibility index (Phi) is 5.23. The van der Waals surface area contributed by atoms with Crippen LogP contribution in [-0.4, -0.2) is 30.3 Å². The quantitative estimate of drug-likeness (QED) is 0.819. The highest BCUT2D eigenvalue weighted by atomic mass is 19.3. The molecule has 2 unspecified atom stereocenters. The molecule has 0 saturated heterocycles. The summed E-state index contributed by atoms with van der Waals surface area (Å²) in [5, 5.41) is 11.9. The molecule has 4 nitrogen and oxygen atoms in total. The monoisotopic (exact) mass is 321 g/mol. The number of hydrogen-bond donors (Lipinski definition) is 2. The maximum atomic E-state index is 13.9. The predicted octanol–water partition coefficient (Wildman–Crippen LogP) is 2.46. The van der Waals surface area contributed by atoms with Crippen molar-refractivity contribution in [3.8, 4) is 5.75 Å². The SMILES string of the molecule is O=C(NCC1CCCC1O)c1c(F)ccc(OC(F)F)c1F. The smallest absolute Gasteiger partial charge is 0.387 e. The molecule has 1 saturated carbocycles. The highest BCUT2D eigenvalue weighted by molar-refractivity contribution is 5.95. The summed E-state index contributed by atoms with van der Waals surface area (Å²) in [4.78, 5) is 11.9. The summed E-state index contributed by atoms with van der Waals surface area (Å²) >= 11 is 0. The zero-order valence-corrected chi connectivity index (χ0v) is 11.5. The maximum absolute atomic E-state index is 13.9. The average molecular weight is 321 g/mol. The molecule has 1 aromatic rings. The van der Waals surface area contributed by atoms with Crippen molar-refractivity contribution < 1.29 is 32.2 Å². The molecule has 1 fully saturated rings. The van der Waals surface area contributed by atoms with Gasteiger partial charge < -0.3 is 15.2 Å². The molecule has 22 heavy (non-hydrogen) atoms. The van der Waals surface area contributed by atoms with Crippen molar-refractivity contribution in [1.29, 1.82) is 0 Å². The van der Waals surface area contributed by atoms with Gasteiger partial charge in [-0.3, -0.25) is 4.79 Å². The standard InChI is InChI=1S/C14H15F4NO3/c15-8-4-5-10(22-14(17)18)12(16)11(8)13(21)19-6-7-2-1-3-9(7)20/h4-5,7,9,14,20H,1-3,6H2,(H,19,21). The van der Waals surface area contributed by atoms with Crippen LogP contribution in [0.15, 0.2) is 12.1 Å². The molecule has 1 aromatic carbocycles. The number of rotatable bonds is 5. The summed E-state index contributed by atoms with van der Waals surface area (Å²) in [5.41, 5.74) is -0.981. The molecular weight excluding hydrogens is 306 g/mol. The van der Waals surface area contributed by atoms with Gasteiger partial charge in [0.25, 0.3) is 5.91 Å². The number of halogens is 4. The molecule has 1 aliphatic carbocycles. The third-order valence-corrected chi connectivity index (χ3v) is 3.64. The van der Waals surface area contributed by atoms with Gasteiger partial charge in [-0.25, -0.2) is 8.78 Å². The topological polar surface area (TPSA) is 58.6 Å². The van der Waals surface area contributed by atoms with Crippen LogP contribution in [-0.2, 0) is 0 Å². The predicted molar refractivity (Wildman–Crippen MR) is 68.7 cm³/mol. The van der Waals surface area contributed by atoms with Gasteiger partial charge in [-0.15, -0.1) is 0 Å². The molecule has 0 heterocycles. The van der Waals surface area contributed by atoms with Gasteiger partial charge >= 0.3 is 6.61 Å². The van der Waals surface area contributed by atoms with Gasteiger partial charge in [0, 0.05) is 12.5 Å². The number of carbonyl (C=O) groups is 1. The van der Waals surface area contributed by atoms with Crippen molar-refractivity contribution in [3.05, 3.63) is 29.3 Å². The van der Waals surface area contributed by atoms with Crippen LogP contribution in [0, 0.1) is 17.6 Å². The van der Waals surface area contributed by atoms with E-state index < -0.39 is 41.6 Å². The van der Waals surface area contributed by atoms with Crippen LogP contribution in [0.3, 0.4) is 0 Å². The Hall–Kier alpha value is -1.83. The van der Waals surface area contributed by atoms with Gasteiger partial charge in [-0.05, 0) is 25.0 Å². The number of alkyl halides is 2. The molecule has 0 spiro atoms. The number of aliphatic hydroxyl groups excluding tert-OH is 1. The second-order valence-corrected chi connectivity index (χ2v) is 5.08. The lowest BCUT2D eigenvalue weighted by molar-refractivity contribution is -0.0523. The number of nitrogens with one attached hydrogen (secondary N) is 1. The van der Waals surface area contributed by atoms with Gasteiger partial charge in [0.1, 0.15) is 11.4 Å². The first-order chi connectivity index (χ1) is 10.4. The van der Waals surface area contributed by atoms with Crippen LogP contribution in [0.2, 0.25) is 0 Å². The molecule has 1 amide bonds. The Morgan fingerprint density at radius 2 is 2.09 bits per heavy atom. The lowest BCUT2D eigenvalue weighted by Gasteiger charge is -2.16. The first-order valence-electron chi connectivity index (χ1n) is 6.79. The largest absolute Gasteiger partial charge is 0.432 e. The van der Waals surface area contributed by atoms with E-state index in [9.17, 15) is 27.5 Å². The minimum atomic E-state index is -3.29. The van der Waals surface area contributed by atoms with E-state index in [1.807, 2.05) is 0 Å². The van der Waals surface area contributed by atoms with E-state index in [4.69, 9.17) is 0 Å². The Bertz CT molecular complexity index is 553. The molecule has 122 valence electrons. The summed E-state index contributed by atoms with van der Waals surface area (Å²) < 4.78 is 55.6. The van der Waals surface area contributed by atoms with Crippen LogP contribution in [0.1, 0.15) is 29.6 Å². The van der Waals surface area contributed by atoms with Crippen molar-refractivity contribution in [3.63, 3.8) is 0 Å². The van der Waals surface area contributed by atoms with E-state index in [0.29, 0.717) is 25.0 Å². The lowest BCUT2D eigenvalue weighted by atomic mass is 10.1. The van der Waals surface area contributed by atoms with Gasteiger partial charge in [0.2, 0.25) is 0 Å². The van der Waals surface area contributed by atoms with Crippen LogP contribution in [0.25, 0.3) is 0 Å². The van der Waals surface area contributed by atoms with Gasteiger partial charge in [-0.1, -0.05) is 6.42 Å². The van der Waals surface area contributed by atoms with Crippen molar-refractivity contribution in [1.82, 2.24) is 5.32 Å². The van der Waals surface area contributed by atoms with E-state index in [1.54, 1.807) is 0 Å². The van der Waals surface area contributed by atoms with Crippen molar-refractivity contribution >= 4 is 5.91 Å². The van der Waals surface area contributed by atoms with Crippen LogP contribution < -0.4 is 10.1 Å². The number of hydrogen-bond acceptors (Lipinski definition) is 3. The molecule has 0 aliphatic heterocycles. The Balaban J connectivity index is 2.11. The third-order valence-electron chi connectivity index (χ3n) is 3.64. The summed E-state index contributed by atoms with van der Waals surface area (Å²) in [6.07, 6.45) is 1.55. The van der Waals surface area contributed by atoms with Gasteiger partial charge in [0.05, 0.1) is 6.10 Å². The molecule has 2 atom stereocenters. The molecule has 0 aromatic heterocycles. The van der Waals surface area contributed by atoms with Crippen LogP contribution >= 0.6 is 0 Å². The fourth-order valence-corrected chi connectivity index (χ4v) is 2.50. The third kappa shape index (κ3) is 3.68. The van der Waals surface area contributed by atoms with Crippen molar-refractivity contribution in [2.24, 2.45) is 5.92 Å². The Labute approximate surface area is 124 Å². The highest BCUT2D eigenvalue weighted by Crippen LogP contribution is 2.26. The molecule has 2 N–H and O–H groups in total. The van der Waals surface area contributed by atoms with Crippen molar-refractivity contribution in [2.75, 3.05) is 6.54 Å². The first-order valence-corrected chi connectivity index (χ1v) is 6.79. The van der Waals surface area contributed by atoms with Gasteiger partial charge in [-0.2, -0.15) is 8.78 Å².